The first-order valence-electron chi connectivity index (χ1n) is 29.2. The van der Waals surface area contributed by atoms with Crippen molar-refractivity contribution in [2.45, 2.75) is 89.1 Å². The summed E-state index contributed by atoms with van der Waals surface area (Å²) in [5.41, 5.74) is 15.8. The number of carbonyl (C=O) groups excluding carboxylic acids is 7. The van der Waals surface area contributed by atoms with Gasteiger partial charge in [0.15, 0.2) is 5.78 Å². The number of likely N-dealkylation sites (tertiary alicyclic amines) is 1. The van der Waals surface area contributed by atoms with Crippen molar-refractivity contribution in [3.05, 3.63) is 153 Å². The lowest BCUT2D eigenvalue weighted by Crippen LogP contribution is -2.50. The molecular formula is C62H60N14O9S6. The zero-order chi connectivity index (χ0) is 63.6. The van der Waals surface area contributed by atoms with Crippen molar-refractivity contribution in [2.24, 2.45) is 17.4 Å². The largest absolute Gasteiger partial charge is 0.444 e. The summed E-state index contributed by atoms with van der Waals surface area (Å²) in [5.74, 6) is -5.29. The van der Waals surface area contributed by atoms with Crippen LogP contribution in [0.25, 0.3) is 43.4 Å². The van der Waals surface area contributed by atoms with Gasteiger partial charge >= 0.3 is 6.09 Å². The molecule has 6 amide bonds. The van der Waals surface area contributed by atoms with Gasteiger partial charge in [-0.1, -0.05) is 67.1 Å². The molecule has 2 saturated heterocycles. The van der Waals surface area contributed by atoms with Gasteiger partial charge in [0, 0.05) is 75.1 Å². The third-order valence-corrected chi connectivity index (χ3v) is 21.6. The molecule has 23 nitrogen and oxygen atoms in total. The van der Waals surface area contributed by atoms with E-state index in [4.69, 9.17) is 46.1 Å². The number of hydrogen-bond acceptors (Lipinski definition) is 23. The molecule has 0 radical (unpaired) electrons. The van der Waals surface area contributed by atoms with Gasteiger partial charge < -0.3 is 47.1 Å². The van der Waals surface area contributed by atoms with E-state index in [2.05, 4.69) is 25.8 Å². The summed E-state index contributed by atoms with van der Waals surface area (Å²) in [6.07, 6.45) is -1.16. The first-order chi connectivity index (χ1) is 43.9. The number of nitrogens with two attached hydrogens (primary N) is 2. The maximum atomic E-state index is 15.7. The second-order valence-electron chi connectivity index (χ2n) is 22.4. The van der Waals surface area contributed by atoms with Crippen LogP contribution in [-0.4, -0.2) is 136 Å². The fraction of sp³-hybridized carbons (Fsp3) is 0.323. The number of aliphatic hydroxyl groups excluding tert-OH is 1. The third kappa shape index (κ3) is 13.9. The number of aliphatic hydroxyl groups is 1. The molecule has 7 aromatic heterocycles. The fourth-order valence-corrected chi connectivity index (χ4v) is 16.7. The molecule has 7 atom stereocenters. The molecule has 0 unspecified atom stereocenters. The number of primary amides is 2. The first kappa shape index (κ1) is 62.8. The van der Waals surface area contributed by atoms with E-state index in [1.54, 1.807) is 70.4 Å². The lowest BCUT2D eigenvalue weighted by atomic mass is 9.90. The zero-order valence-electron chi connectivity index (χ0n) is 49.2. The number of benzene rings is 2. The van der Waals surface area contributed by atoms with Gasteiger partial charge in [-0.05, 0) is 63.0 Å². The summed E-state index contributed by atoms with van der Waals surface area (Å²) < 4.78 is 6.19. The molecule has 3 aliphatic heterocycles. The van der Waals surface area contributed by atoms with Crippen molar-refractivity contribution in [3.63, 3.8) is 0 Å². The highest BCUT2D eigenvalue weighted by Crippen LogP contribution is 2.44. The Bertz CT molecular complexity index is 4210. The van der Waals surface area contributed by atoms with Crippen molar-refractivity contribution < 1.29 is 43.4 Å². The van der Waals surface area contributed by atoms with E-state index in [1.165, 1.54) is 39.4 Å². The van der Waals surface area contributed by atoms with Crippen molar-refractivity contribution in [1.29, 1.82) is 0 Å². The summed E-state index contributed by atoms with van der Waals surface area (Å²) in [7, 11) is 0. The van der Waals surface area contributed by atoms with Crippen LogP contribution < -0.4 is 27.4 Å². The van der Waals surface area contributed by atoms with Crippen molar-refractivity contribution >= 4 is 109 Å². The first-order valence-corrected chi connectivity index (χ1v) is 34.4. The van der Waals surface area contributed by atoms with E-state index >= 15 is 4.79 Å². The predicted octanol–water partition coefficient (Wildman–Crippen LogP) is 8.71. The maximum absolute atomic E-state index is 15.7. The van der Waals surface area contributed by atoms with E-state index in [0.29, 0.717) is 71.9 Å². The van der Waals surface area contributed by atoms with E-state index in [1.807, 2.05) is 43.5 Å². The highest BCUT2D eigenvalue weighted by atomic mass is 32.1. The van der Waals surface area contributed by atoms with Crippen LogP contribution in [0.3, 0.4) is 0 Å². The van der Waals surface area contributed by atoms with Gasteiger partial charge in [-0.3, -0.25) is 28.8 Å². The summed E-state index contributed by atoms with van der Waals surface area (Å²) in [5, 5.41) is 31.5. The molecule has 12 rings (SSSR count). The second-order valence-corrected chi connectivity index (χ2v) is 28.0. The number of pyridine rings is 1. The van der Waals surface area contributed by atoms with E-state index < -0.39 is 83.6 Å². The summed E-state index contributed by atoms with van der Waals surface area (Å²) in [6, 6.07) is 16.8. The van der Waals surface area contributed by atoms with Crippen LogP contribution in [0.4, 0.5) is 4.79 Å². The molecule has 0 spiro atoms. The molecule has 0 aliphatic carbocycles. The molecule has 10 heterocycles. The molecule has 9 aromatic rings. The van der Waals surface area contributed by atoms with Gasteiger partial charge in [-0.2, -0.15) is 0 Å². The lowest BCUT2D eigenvalue weighted by molar-refractivity contribution is -0.134. The van der Waals surface area contributed by atoms with E-state index in [0.717, 1.165) is 71.1 Å². The number of rotatable bonds is 12. The minimum Gasteiger partial charge on any atom is -0.444 e. The fourth-order valence-electron chi connectivity index (χ4n) is 11.3. The number of alkyl carbamates (subject to hydrolysis) is 1. The Morgan fingerprint density at radius 3 is 2.11 bits per heavy atom. The molecule has 3 aliphatic rings. The number of carbonyl (C=O) groups is 7. The van der Waals surface area contributed by atoms with Crippen LogP contribution >= 0.6 is 68.0 Å². The molecule has 91 heavy (non-hydrogen) atoms. The van der Waals surface area contributed by atoms with E-state index in [9.17, 15) is 33.9 Å². The van der Waals surface area contributed by atoms with Crippen LogP contribution in [0.2, 0.25) is 0 Å². The highest BCUT2D eigenvalue weighted by Gasteiger charge is 2.48. The third-order valence-electron chi connectivity index (χ3n) is 16.1. The van der Waals surface area contributed by atoms with Crippen LogP contribution in [0.1, 0.15) is 135 Å². The Hall–Kier alpha value is -8.42. The topological polar surface area (TPSA) is 334 Å². The van der Waals surface area contributed by atoms with Gasteiger partial charge in [-0.25, -0.2) is 39.7 Å². The Labute approximate surface area is 545 Å². The van der Waals surface area contributed by atoms with E-state index in [-0.39, 0.29) is 58.6 Å². The number of fused-ring (bicyclic) bond motifs is 16. The standard InChI is InChI=1S/C62H60N14O9S6/c1-30-11-13-33(14-12-30)21-39-61(83)76-24-46(85-62(84)65-17-20-75-18-7-8-19-75)31(2)50(76)60-73-44(29-90-60)58-69-40(25-88-58)49-35(15-16-37(66-49)57-70-41(26-89-57)52(64)80)55-71-42(27-86-55)53(81)67-38(23-47(63)78)59-74-48(32(3)91-59)45(77)22-36(51(79)34-9-5-4-6-10-34)56-72-43(28-87-56)54(82)68-39/h4-6,9-16,25-29,31,36,38-39,46,50-51,79H,7-8,17-24H2,1-3H3,(H2,63,78)(H2,64,80)(H,65,84)(H,67,81)(H,68,82)/t31-,36-,38-,39-,46-,50-,51+/m0/s1. The molecule has 10 bridgehead atoms. The van der Waals surface area contributed by atoms with Crippen molar-refractivity contribution in [3.8, 4) is 43.4 Å². The summed E-state index contributed by atoms with van der Waals surface area (Å²) >= 11 is 7.09. The maximum Gasteiger partial charge on any atom is 0.407 e. The molecule has 2 aromatic carbocycles. The minimum atomic E-state index is -1.30. The number of aromatic nitrogens is 7. The number of hydrogen-bond donors (Lipinski definition) is 6. The Morgan fingerprint density at radius 1 is 0.703 bits per heavy atom. The Balaban J connectivity index is 0.957. The monoisotopic (exact) mass is 1340 g/mol. The number of amides is 6. The number of aryl methyl sites for hydroxylation is 2. The Kier molecular flexibility index (Phi) is 18.8. The van der Waals surface area contributed by atoms with Crippen LogP contribution in [0, 0.1) is 19.8 Å². The van der Waals surface area contributed by atoms with Gasteiger partial charge in [0.25, 0.3) is 17.7 Å². The van der Waals surface area contributed by atoms with Crippen molar-refractivity contribution in [2.75, 3.05) is 32.7 Å². The van der Waals surface area contributed by atoms with Crippen LogP contribution in [0.5, 0.6) is 0 Å². The second kappa shape index (κ2) is 27.2. The quantitative estimate of drug-likeness (QED) is 0.0666. The highest BCUT2D eigenvalue weighted by molar-refractivity contribution is 7.15. The number of ether oxygens (including phenoxy) is 1. The number of nitrogens with zero attached hydrogens (tertiary/aromatic N) is 9. The number of Topliss-reactive ketones (excluding diaryl/α,β-unsaturated/α-hetero) is 1. The van der Waals surface area contributed by atoms with Gasteiger partial charge in [0.2, 0.25) is 11.8 Å². The van der Waals surface area contributed by atoms with Crippen LogP contribution in [0.15, 0.2) is 93.6 Å². The number of ketones is 1. The molecule has 29 heteroatoms. The average molecular weight is 1340 g/mol. The normalized spacial score (nSPS) is 20.2. The van der Waals surface area contributed by atoms with Crippen molar-refractivity contribution in [1.82, 2.24) is 60.6 Å². The Morgan fingerprint density at radius 2 is 1.36 bits per heavy atom. The molecule has 468 valence electrons. The predicted molar refractivity (Wildman–Crippen MR) is 347 cm³/mol. The summed E-state index contributed by atoms with van der Waals surface area (Å²) in [4.78, 5) is 136. The van der Waals surface area contributed by atoms with Gasteiger partial charge in [0.05, 0.1) is 41.9 Å². The number of nitrogens with one attached hydrogen (secondary N) is 3. The summed E-state index contributed by atoms with van der Waals surface area (Å²) in [6.45, 7) is 8.46. The average Bonchev–Trinajstić information content (AvgIpc) is 1.69. The molecule has 8 N–H and O–H groups in total. The lowest BCUT2D eigenvalue weighted by Gasteiger charge is -2.29. The number of thiazole rings is 6. The zero-order valence-corrected chi connectivity index (χ0v) is 54.1. The SMILES string of the molecule is Cc1ccc(C[C@@H]2NC(=O)c3csc(n3)[C@H]([C@H](O)c3ccccc3)CC(=O)c3nc(sc3C)[C@H](CC(N)=O)NC(=O)c3csc(n3)-c3ccc(-c4nc(C(N)=O)cs4)nc3-c3csc(n3)-c3csc(n3)[C@@H]3[C@@H](C)[C@@H](OC(=O)NCCN4CCCC4)CN3C2=O)cc1. The molecule has 2 fully saturated rings. The van der Waals surface area contributed by atoms with Crippen LogP contribution in [-0.2, 0) is 20.7 Å². The van der Waals surface area contributed by atoms with Gasteiger partial charge in [-0.15, -0.1) is 68.0 Å². The minimum absolute atomic E-state index is 0.00630. The molecular weight excluding hydrogens is 1280 g/mol. The van der Waals surface area contributed by atoms with Gasteiger partial charge in [0.1, 0.15) is 77.0 Å². The molecule has 0 saturated carbocycles. The smallest absolute Gasteiger partial charge is 0.407 e.